The van der Waals surface area contributed by atoms with Crippen molar-refractivity contribution in [3.63, 3.8) is 0 Å². The number of halogens is 2. The van der Waals surface area contributed by atoms with Crippen molar-refractivity contribution in [2.75, 3.05) is 5.73 Å². The fraction of sp³-hybridized carbons (Fsp3) is 0.300. The first-order chi connectivity index (χ1) is 13.7. The molecule has 0 saturated heterocycles. The normalized spacial score (nSPS) is 18.8. The zero-order valence-corrected chi connectivity index (χ0v) is 20.3. The van der Waals surface area contributed by atoms with Crippen molar-refractivity contribution in [1.82, 2.24) is 0 Å². The number of nitro groups is 1. The van der Waals surface area contributed by atoms with E-state index in [4.69, 9.17) is 23.6 Å². The van der Waals surface area contributed by atoms with Crippen molar-refractivity contribution in [2.45, 2.75) is 38.5 Å². The van der Waals surface area contributed by atoms with E-state index < -0.39 is 23.8 Å². The third-order valence-corrected chi connectivity index (χ3v) is 4.97. The third-order valence-electron chi connectivity index (χ3n) is 4.97. The summed E-state index contributed by atoms with van der Waals surface area (Å²) in [7, 11) is 9.87. The summed E-state index contributed by atoms with van der Waals surface area (Å²) in [6.07, 6.45) is 1.11. The van der Waals surface area contributed by atoms with Gasteiger partial charge in [0.2, 0.25) is 0 Å². The molecule has 0 bridgehead atoms. The number of benzene rings is 2. The fourth-order valence-corrected chi connectivity index (χ4v) is 3.57. The summed E-state index contributed by atoms with van der Waals surface area (Å²) < 4.78 is 0. The van der Waals surface area contributed by atoms with Crippen LogP contribution in [0.2, 0.25) is 0 Å². The van der Waals surface area contributed by atoms with Gasteiger partial charge in [-0.25, -0.2) is 0 Å². The first-order valence-electron chi connectivity index (χ1n) is 8.90. The molecule has 2 radical (unpaired) electrons. The third kappa shape index (κ3) is 5.70. The van der Waals surface area contributed by atoms with Gasteiger partial charge in [-0.05, 0) is 35.1 Å². The number of ketones is 2. The maximum absolute atomic E-state index is 11.4. The number of carbonyl (C=O) groups excluding carboxylic acids is 2. The second kappa shape index (κ2) is 10.4. The number of rotatable bonds is 1. The molecule has 2 atom stereocenters. The summed E-state index contributed by atoms with van der Waals surface area (Å²) >= 11 is -0.826. The van der Waals surface area contributed by atoms with Crippen LogP contribution >= 0.6 is 17.8 Å². The standard InChI is InChI=1S/C10H9NO3.C10H11NO.2ClH.Sn/c1-6-4-10(12)9-5-7(11(13)14)2-3-8(6)9;1-6-4-10(12)9-5-7(11)2-3-8(6)9;;;/h2-3,5-6H,4H2,1H3;2-3,5-6H,4,11H2,1H3;2*1H;/q;;;;+2/p-2. The molecule has 0 spiro atoms. The van der Waals surface area contributed by atoms with Crippen LogP contribution in [0.5, 0.6) is 0 Å². The number of anilines is 1. The van der Waals surface area contributed by atoms with Gasteiger partial charge in [-0.1, -0.05) is 26.0 Å². The summed E-state index contributed by atoms with van der Waals surface area (Å²) in [6, 6.07) is 10.1. The minimum atomic E-state index is -0.826. The molecule has 2 aromatic carbocycles. The zero-order valence-electron chi connectivity index (χ0n) is 15.9. The van der Waals surface area contributed by atoms with E-state index in [0.717, 1.165) is 16.7 Å². The molecule has 9 heteroatoms. The Hall–Kier alpha value is -1.64. The van der Waals surface area contributed by atoms with Crippen molar-refractivity contribution in [2.24, 2.45) is 0 Å². The quantitative estimate of drug-likeness (QED) is 0.230. The molecule has 0 fully saturated rings. The number of Topliss-reactive ketones (excluding diaryl/α,β-unsaturated/α-hetero) is 2. The molecule has 0 aromatic heterocycles. The van der Waals surface area contributed by atoms with Crippen molar-refractivity contribution >= 4 is 59.7 Å². The molecule has 0 saturated carbocycles. The van der Waals surface area contributed by atoms with Gasteiger partial charge in [0, 0.05) is 41.8 Å². The molecular weight excluding hydrogens is 522 g/mol. The minimum absolute atomic E-state index is 0.00815. The van der Waals surface area contributed by atoms with Gasteiger partial charge in [-0.3, -0.25) is 19.7 Å². The number of nitrogens with zero attached hydrogens (tertiary/aromatic N) is 1. The van der Waals surface area contributed by atoms with Crippen LogP contribution in [0, 0.1) is 10.1 Å². The molecule has 2 aliphatic carbocycles. The molecule has 29 heavy (non-hydrogen) atoms. The van der Waals surface area contributed by atoms with Crippen LogP contribution in [0.15, 0.2) is 36.4 Å². The van der Waals surface area contributed by atoms with Crippen LogP contribution in [0.25, 0.3) is 0 Å². The number of carbonyl (C=O) groups is 2. The number of fused-ring (bicyclic) bond motifs is 2. The SMILES string of the molecule is CC1CC(=O)c2cc(N)ccc21.CC1CC(=O)c2cc([N+](=O)[O-])ccc21.[Cl][Sn][Cl]. The van der Waals surface area contributed by atoms with Crippen molar-refractivity contribution in [3.05, 3.63) is 68.8 Å². The van der Waals surface area contributed by atoms with E-state index in [1.54, 1.807) is 12.1 Å². The summed E-state index contributed by atoms with van der Waals surface area (Å²) in [6.45, 7) is 4.02. The summed E-state index contributed by atoms with van der Waals surface area (Å²) in [5.41, 5.74) is 9.68. The molecule has 2 unspecified atom stereocenters. The van der Waals surface area contributed by atoms with Crippen molar-refractivity contribution in [3.8, 4) is 0 Å². The molecule has 0 aliphatic heterocycles. The zero-order chi connectivity index (χ0) is 21.7. The van der Waals surface area contributed by atoms with E-state index in [1.807, 2.05) is 19.1 Å². The average Bonchev–Trinajstić information content (AvgIpc) is 3.11. The molecule has 2 aromatic rings. The molecule has 6 nitrogen and oxygen atoms in total. The molecular formula is C20H20Cl2N2O4Sn. The van der Waals surface area contributed by atoms with E-state index in [-0.39, 0.29) is 23.2 Å². The summed E-state index contributed by atoms with van der Waals surface area (Å²) in [4.78, 5) is 32.8. The van der Waals surface area contributed by atoms with E-state index in [9.17, 15) is 19.7 Å². The fourth-order valence-electron chi connectivity index (χ4n) is 3.57. The number of nitrogens with two attached hydrogens (primary N) is 1. The van der Waals surface area contributed by atoms with Gasteiger partial charge in [0.1, 0.15) is 0 Å². The summed E-state index contributed by atoms with van der Waals surface area (Å²) in [5, 5.41) is 10.5. The van der Waals surface area contributed by atoms with Gasteiger partial charge in [0.25, 0.3) is 5.69 Å². The van der Waals surface area contributed by atoms with Crippen LogP contribution in [-0.2, 0) is 0 Å². The molecule has 152 valence electrons. The second-order valence-corrected chi connectivity index (χ2v) is 11.2. The molecule has 4 rings (SSSR count). The number of nitro benzene ring substituents is 1. The Labute approximate surface area is 186 Å². The van der Waals surface area contributed by atoms with E-state index in [2.05, 4.69) is 6.92 Å². The topological polar surface area (TPSA) is 103 Å². The van der Waals surface area contributed by atoms with Gasteiger partial charge in [-0.15, -0.1) is 0 Å². The van der Waals surface area contributed by atoms with Crippen LogP contribution < -0.4 is 5.73 Å². The molecule has 0 amide bonds. The first-order valence-corrected chi connectivity index (χ1v) is 16.1. The van der Waals surface area contributed by atoms with Gasteiger partial charge in [0.05, 0.1) is 4.92 Å². The van der Waals surface area contributed by atoms with E-state index in [0.29, 0.717) is 30.0 Å². The number of hydrogen-bond donors (Lipinski definition) is 1. The van der Waals surface area contributed by atoms with E-state index >= 15 is 0 Å². The monoisotopic (exact) mass is 542 g/mol. The Bertz CT molecular complexity index is 952. The summed E-state index contributed by atoms with van der Waals surface area (Å²) in [5.74, 6) is 0.799. The first kappa shape index (κ1) is 23.6. The Morgan fingerprint density at radius 2 is 1.41 bits per heavy atom. The van der Waals surface area contributed by atoms with Crippen LogP contribution in [-0.4, -0.2) is 35.4 Å². The Kier molecular flexibility index (Phi) is 8.48. The van der Waals surface area contributed by atoms with Gasteiger partial charge in [0.15, 0.2) is 11.6 Å². The number of hydrogen-bond acceptors (Lipinski definition) is 5. The van der Waals surface area contributed by atoms with Crippen LogP contribution in [0.4, 0.5) is 11.4 Å². The molecule has 2 aliphatic rings. The van der Waals surface area contributed by atoms with Crippen LogP contribution in [0.3, 0.4) is 0 Å². The predicted molar refractivity (Wildman–Crippen MR) is 116 cm³/mol. The number of non-ortho nitro benzene ring substituents is 1. The Balaban J connectivity index is 0.000000184. The van der Waals surface area contributed by atoms with Gasteiger partial charge < -0.3 is 5.73 Å². The maximum atomic E-state index is 11.4. The average molecular weight is 542 g/mol. The van der Waals surface area contributed by atoms with Gasteiger partial charge in [-0.2, -0.15) is 0 Å². The van der Waals surface area contributed by atoms with Crippen LogP contribution in [0.1, 0.15) is 70.4 Å². The second-order valence-electron chi connectivity index (χ2n) is 7.00. The predicted octanol–water partition coefficient (Wildman–Crippen LogP) is 5.24. The van der Waals surface area contributed by atoms with Gasteiger partial charge >= 0.3 is 36.7 Å². The number of nitrogen functional groups attached to an aromatic ring is 1. The van der Waals surface area contributed by atoms with Crippen molar-refractivity contribution < 1.29 is 14.5 Å². The molecule has 0 heterocycles. The Morgan fingerprint density at radius 1 is 0.966 bits per heavy atom. The van der Waals surface area contributed by atoms with Crippen molar-refractivity contribution in [1.29, 1.82) is 0 Å². The van der Waals surface area contributed by atoms with E-state index in [1.165, 1.54) is 12.1 Å². The Morgan fingerprint density at radius 3 is 1.90 bits per heavy atom. The molecule has 2 N–H and O–H groups in total.